The topological polar surface area (TPSA) is 139 Å². The minimum Gasteiger partial charge on any atom is -0.475 e. The van der Waals surface area contributed by atoms with Gasteiger partial charge in [-0.1, -0.05) is 24.6 Å². The van der Waals surface area contributed by atoms with E-state index in [1.165, 1.54) is 32.0 Å². The molecule has 208 valence electrons. The number of nitrogens with one attached hydrogen (secondary N) is 1. The molecule has 13 heteroatoms. The standard InChI is InChI=1S/C25H25N7O.C2HF3O2/c26-24(33)18-6-1-5-17(12-18)19-13-20(25-27-15-28-32(25)14-19)29-22-8-3-9-23(30-22)31-11-10-16-4-2-7-21(16)31;3-2(4,5)1(6)7/h1,3,5-6,8-9,12-16,21H,2,4,7,10-11H2,(H2,26,33)(H,29,30);(H,6,7)/t16-,21-;/m0./s1. The summed E-state index contributed by atoms with van der Waals surface area (Å²) in [6.45, 7) is 1.08. The number of hydrogen-bond donors (Lipinski definition) is 3. The summed E-state index contributed by atoms with van der Waals surface area (Å²) in [6, 6.07) is 16.0. The van der Waals surface area contributed by atoms with Crippen LogP contribution < -0.4 is 16.0 Å². The lowest BCUT2D eigenvalue weighted by molar-refractivity contribution is -0.192. The number of carboxylic acids is 1. The molecule has 2 fully saturated rings. The number of pyridine rings is 2. The first-order valence-corrected chi connectivity index (χ1v) is 12.6. The minimum absolute atomic E-state index is 0.454. The fraction of sp³-hybridized carbons (Fsp3) is 0.296. The number of aliphatic carboxylic acids is 1. The number of aromatic nitrogens is 4. The molecule has 1 aliphatic heterocycles. The zero-order chi connectivity index (χ0) is 28.4. The van der Waals surface area contributed by atoms with Crippen LogP contribution in [0.2, 0.25) is 0 Å². The van der Waals surface area contributed by atoms with Crippen LogP contribution in [0.15, 0.2) is 61.1 Å². The molecule has 1 aliphatic carbocycles. The first kappa shape index (κ1) is 26.9. The molecule has 6 rings (SSSR count). The molecule has 1 amide bonds. The number of hydrogen-bond acceptors (Lipinski definition) is 7. The Labute approximate surface area is 226 Å². The van der Waals surface area contributed by atoms with E-state index in [-0.39, 0.29) is 0 Å². The summed E-state index contributed by atoms with van der Waals surface area (Å²) < 4.78 is 33.5. The molecular formula is C27H26F3N7O3. The van der Waals surface area contributed by atoms with Crippen LogP contribution in [0.3, 0.4) is 0 Å². The monoisotopic (exact) mass is 553 g/mol. The maximum atomic E-state index is 11.6. The SMILES string of the molecule is NC(=O)c1cccc(-c2cc(Nc3cccc(N4CC[C@@H]5CCC[C@@H]54)n3)c3ncnn3c2)c1.O=C(O)C(F)(F)F. The van der Waals surface area contributed by atoms with E-state index in [1.54, 1.807) is 16.6 Å². The highest BCUT2D eigenvalue weighted by atomic mass is 19.4. The third-order valence-corrected chi connectivity index (χ3v) is 7.15. The zero-order valence-electron chi connectivity index (χ0n) is 21.2. The number of halogens is 3. The minimum atomic E-state index is -5.08. The molecular weight excluding hydrogens is 527 g/mol. The van der Waals surface area contributed by atoms with Gasteiger partial charge in [0, 0.05) is 29.9 Å². The van der Waals surface area contributed by atoms with Crippen molar-refractivity contribution in [3.63, 3.8) is 0 Å². The summed E-state index contributed by atoms with van der Waals surface area (Å²) in [4.78, 5) is 32.4. The summed E-state index contributed by atoms with van der Waals surface area (Å²) in [5.74, 6) is -0.608. The van der Waals surface area contributed by atoms with Gasteiger partial charge >= 0.3 is 12.1 Å². The third kappa shape index (κ3) is 5.67. The van der Waals surface area contributed by atoms with Gasteiger partial charge in [-0.05, 0) is 61.1 Å². The van der Waals surface area contributed by atoms with Crippen molar-refractivity contribution in [2.45, 2.75) is 37.9 Å². The molecule has 0 radical (unpaired) electrons. The molecule has 4 N–H and O–H groups in total. The first-order chi connectivity index (χ1) is 19.1. The molecule has 2 atom stereocenters. The van der Waals surface area contributed by atoms with E-state index in [0.29, 0.717) is 17.3 Å². The van der Waals surface area contributed by atoms with Crippen molar-refractivity contribution in [3.05, 3.63) is 66.6 Å². The molecule has 1 saturated carbocycles. The molecule has 4 heterocycles. The van der Waals surface area contributed by atoms with Crippen LogP contribution in [0.25, 0.3) is 16.8 Å². The van der Waals surface area contributed by atoms with Gasteiger partial charge < -0.3 is 21.1 Å². The number of nitrogens with two attached hydrogens (primary N) is 1. The second-order valence-electron chi connectivity index (χ2n) is 9.67. The number of primary amides is 1. The van der Waals surface area contributed by atoms with E-state index in [1.807, 2.05) is 36.5 Å². The highest BCUT2D eigenvalue weighted by Crippen LogP contribution is 2.40. The Bertz CT molecular complexity index is 1560. The van der Waals surface area contributed by atoms with Crippen LogP contribution in [0, 0.1) is 5.92 Å². The summed E-state index contributed by atoms with van der Waals surface area (Å²) in [5, 5.41) is 14.9. The molecule has 40 heavy (non-hydrogen) atoms. The maximum Gasteiger partial charge on any atom is 0.490 e. The van der Waals surface area contributed by atoms with Gasteiger partial charge in [-0.15, -0.1) is 0 Å². The number of alkyl halides is 3. The van der Waals surface area contributed by atoms with Gasteiger partial charge in [0.25, 0.3) is 0 Å². The van der Waals surface area contributed by atoms with E-state index in [4.69, 9.17) is 20.6 Å². The second-order valence-corrected chi connectivity index (χ2v) is 9.67. The number of fused-ring (bicyclic) bond motifs is 2. The molecule has 0 unspecified atom stereocenters. The van der Waals surface area contributed by atoms with Crippen LogP contribution in [0.4, 0.5) is 30.5 Å². The van der Waals surface area contributed by atoms with Gasteiger partial charge in [-0.25, -0.2) is 19.3 Å². The van der Waals surface area contributed by atoms with E-state index in [9.17, 15) is 18.0 Å². The molecule has 0 bridgehead atoms. The fourth-order valence-electron chi connectivity index (χ4n) is 5.34. The lowest BCUT2D eigenvalue weighted by atomic mass is 10.0. The van der Waals surface area contributed by atoms with Crippen LogP contribution in [0.5, 0.6) is 0 Å². The number of carboxylic acid groups (broad SMARTS) is 1. The quantitative estimate of drug-likeness (QED) is 0.325. The summed E-state index contributed by atoms with van der Waals surface area (Å²) >= 11 is 0. The van der Waals surface area contributed by atoms with Gasteiger partial charge in [0.15, 0.2) is 5.65 Å². The van der Waals surface area contributed by atoms with E-state index in [2.05, 4.69) is 26.4 Å². The maximum absolute atomic E-state index is 11.6. The average Bonchev–Trinajstić information content (AvgIpc) is 3.66. The Morgan fingerprint density at radius 3 is 2.58 bits per heavy atom. The lowest BCUT2D eigenvalue weighted by Crippen LogP contribution is -2.30. The van der Waals surface area contributed by atoms with Crippen molar-refractivity contribution >= 4 is 34.8 Å². The van der Waals surface area contributed by atoms with E-state index < -0.39 is 18.1 Å². The number of carbonyl (C=O) groups is 2. The first-order valence-electron chi connectivity index (χ1n) is 12.6. The number of benzene rings is 1. The van der Waals surface area contributed by atoms with E-state index in [0.717, 1.165) is 40.9 Å². The van der Waals surface area contributed by atoms with Crippen LogP contribution in [-0.4, -0.2) is 55.3 Å². The van der Waals surface area contributed by atoms with Crippen molar-refractivity contribution in [1.82, 2.24) is 19.6 Å². The number of rotatable bonds is 5. The number of anilines is 3. The number of carbonyl (C=O) groups excluding carboxylic acids is 1. The highest BCUT2D eigenvalue weighted by molar-refractivity contribution is 5.94. The predicted octanol–water partition coefficient (Wildman–Crippen LogP) is 4.65. The Kier molecular flexibility index (Phi) is 7.28. The van der Waals surface area contributed by atoms with Crippen molar-refractivity contribution in [3.8, 4) is 11.1 Å². The largest absolute Gasteiger partial charge is 0.490 e. The Morgan fingerprint density at radius 2 is 1.82 bits per heavy atom. The predicted molar refractivity (Wildman–Crippen MR) is 141 cm³/mol. The molecule has 10 nitrogen and oxygen atoms in total. The third-order valence-electron chi connectivity index (χ3n) is 7.15. The van der Waals surface area contributed by atoms with Crippen molar-refractivity contribution in [2.75, 3.05) is 16.8 Å². The van der Waals surface area contributed by atoms with Crippen LogP contribution in [0.1, 0.15) is 36.0 Å². The van der Waals surface area contributed by atoms with E-state index >= 15 is 0 Å². The van der Waals surface area contributed by atoms with Gasteiger partial charge in [0.05, 0.1) is 5.69 Å². The van der Waals surface area contributed by atoms with Crippen molar-refractivity contribution in [1.29, 1.82) is 0 Å². The summed E-state index contributed by atoms with van der Waals surface area (Å²) in [7, 11) is 0. The van der Waals surface area contributed by atoms with Crippen molar-refractivity contribution < 1.29 is 27.9 Å². The fourth-order valence-corrected chi connectivity index (χ4v) is 5.34. The molecule has 0 spiro atoms. The number of amides is 1. The summed E-state index contributed by atoms with van der Waals surface area (Å²) in [6.07, 6.45) is 3.51. The van der Waals surface area contributed by atoms with Gasteiger partial charge in [0.2, 0.25) is 5.91 Å². The molecule has 3 aromatic heterocycles. The Balaban J connectivity index is 0.000000411. The summed E-state index contributed by atoms with van der Waals surface area (Å²) in [5.41, 5.74) is 9.20. The number of nitrogens with zero attached hydrogens (tertiary/aromatic N) is 5. The molecule has 2 aliphatic rings. The molecule has 1 aromatic carbocycles. The second kappa shape index (κ2) is 10.8. The smallest absolute Gasteiger partial charge is 0.475 e. The highest BCUT2D eigenvalue weighted by Gasteiger charge is 2.39. The average molecular weight is 554 g/mol. The Hall–Kier alpha value is -4.68. The lowest BCUT2D eigenvalue weighted by Gasteiger charge is -2.25. The van der Waals surface area contributed by atoms with Gasteiger partial charge in [0.1, 0.15) is 18.0 Å². The zero-order valence-corrected chi connectivity index (χ0v) is 21.2. The molecule has 1 saturated heterocycles. The van der Waals surface area contributed by atoms with Crippen molar-refractivity contribution in [2.24, 2.45) is 11.7 Å². The van der Waals surface area contributed by atoms with Crippen LogP contribution >= 0.6 is 0 Å². The Morgan fingerprint density at radius 1 is 1.05 bits per heavy atom. The van der Waals surface area contributed by atoms with Gasteiger partial charge in [-0.3, -0.25) is 4.79 Å². The molecule has 4 aromatic rings. The van der Waals surface area contributed by atoms with Gasteiger partial charge in [-0.2, -0.15) is 18.3 Å². The normalized spacial score (nSPS) is 18.2. The van der Waals surface area contributed by atoms with Crippen LogP contribution in [-0.2, 0) is 4.79 Å².